The minimum atomic E-state index is -1.87. The van der Waals surface area contributed by atoms with Crippen LogP contribution in [0, 0.1) is 3.57 Å². The number of hydrogen-bond donors (Lipinski definition) is 3. The third kappa shape index (κ3) is 2.29. The minimum absolute atomic E-state index is 0.202. The summed E-state index contributed by atoms with van der Waals surface area (Å²) in [7, 11) is 0. The number of aromatic hydroxyl groups is 1. The Balaban J connectivity index is 3.52. The molecule has 80 valence electrons. The maximum atomic E-state index is 10.7. The zero-order chi connectivity index (χ0) is 11.6. The molecule has 0 aromatic heterocycles. The van der Waals surface area contributed by atoms with Crippen LogP contribution >= 0.6 is 21.2 Å². The van der Waals surface area contributed by atoms with Crippen LogP contribution in [0.1, 0.15) is 20.7 Å². The van der Waals surface area contributed by atoms with Gasteiger partial charge >= 0.3 is 11.9 Å². The van der Waals surface area contributed by atoms with E-state index in [0.29, 0.717) is 0 Å². The lowest BCUT2D eigenvalue weighted by molar-refractivity contribution is 0.0695. The number of phenols is 1. The van der Waals surface area contributed by atoms with E-state index in [1.807, 2.05) is 0 Å². The standard InChI is InChI=1S/C8H5IO6/c10-5-2-3(7(11)12)1-4(8(13)14)6(5)9-15/h1-2,10H,(H,11,12)(H,13,14). The molecule has 0 aliphatic heterocycles. The summed E-state index contributed by atoms with van der Waals surface area (Å²) in [5, 5.41) is 26.6. The molecule has 0 unspecified atom stereocenters. The number of benzene rings is 1. The molecule has 0 spiro atoms. The summed E-state index contributed by atoms with van der Waals surface area (Å²) < 4.78 is 10.5. The van der Waals surface area contributed by atoms with Crippen LogP contribution in [0.15, 0.2) is 12.1 Å². The first-order valence-corrected chi connectivity index (χ1v) is 5.54. The number of phenolic OH excluding ortho intramolecular Hbond substituents is 1. The van der Waals surface area contributed by atoms with Gasteiger partial charge in [0, 0.05) is 0 Å². The van der Waals surface area contributed by atoms with E-state index in [-0.39, 0.29) is 9.13 Å². The van der Waals surface area contributed by atoms with Gasteiger partial charge in [0.1, 0.15) is 9.32 Å². The molecule has 15 heavy (non-hydrogen) atoms. The molecule has 0 saturated heterocycles. The summed E-state index contributed by atoms with van der Waals surface area (Å²) in [6, 6.07) is 1.75. The molecule has 1 aromatic rings. The van der Waals surface area contributed by atoms with Crippen LogP contribution in [0.25, 0.3) is 0 Å². The summed E-state index contributed by atoms with van der Waals surface area (Å²) in [5.74, 6) is -3.34. The number of carbonyl (C=O) groups is 2. The first kappa shape index (κ1) is 11.6. The second-order valence-electron chi connectivity index (χ2n) is 2.54. The fourth-order valence-corrected chi connectivity index (χ4v) is 1.97. The summed E-state index contributed by atoms with van der Waals surface area (Å²) in [5.41, 5.74) is -0.790. The van der Waals surface area contributed by atoms with Crippen molar-refractivity contribution in [1.82, 2.24) is 0 Å². The lowest BCUT2D eigenvalue weighted by Crippen LogP contribution is -2.05. The van der Waals surface area contributed by atoms with E-state index >= 15 is 0 Å². The topological polar surface area (TPSA) is 112 Å². The minimum Gasteiger partial charge on any atom is -0.507 e. The van der Waals surface area contributed by atoms with E-state index in [4.69, 9.17) is 10.2 Å². The Labute approximate surface area is 93.8 Å². The predicted molar refractivity (Wildman–Crippen MR) is 55.4 cm³/mol. The van der Waals surface area contributed by atoms with Crippen molar-refractivity contribution in [3.8, 4) is 5.75 Å². The highest BCUT2D eigenvalue weighted by Crippen LogP contribution is 2.28. The van der Waals surface area contributed by atoms with Crippen molar-refractivity contribution in [2.24, 2.45) is 0 Å². The van der Waals surface area contributed by atoms with Gasteiger partial charge in [0.2, 0.25) is 0 Å². The molecule has 0 saturated carbocycles. The van der Waals surface area contributed by atoms with Gasteiger partial charge in [-0.25, -0.2) is 9.59 Å². The molecule has 0 heterocycles. The number of hydrogen-bond acceptors (Lipinski definition) is 4. The van der Waals surface area contributed by atoms with E-state index in [1.54, 1.807) is 0 Å². The maximum Gasteiger partial charge on any atom is 0.337 e. The molecule has 0 fully saturated rings. The lowest BCUT2D eigenvalue weighted by atomic mass is 10.1. The molecule has 0 bridgehead atoms. The zero-order valence-corrected chi connectivity index (χ0v) is 9.26. The van der Waals surface area contributed by atoms with Crippen LogP contribution in [-0.2, 0) is 3.07 Å². The van der Waals surface area contributed by atoms with Gasteiger partial charge in [-0.15, -0.1) is 0 Å². The highest BCUT2D eigenvalue weighted by Gasteiger charge is 2.18. The number of aromatic carboxylic acids is 2. The molecule has 0 aliphatic rings. The van der Waals surface area contributed by atoms with Gasteiger partial charge in [0.05, 0.1) is 11.1 Å². The molecule has 3 N–H and O–H groups in total. The molecule has 1 rings (SSSR count). The van der Waals surface area contributed by atoms with Crippen LogP contribution in [0.2, 0.25) is 0 Å². The predicted octanol–water partition coefficient (Wildman–Crippen LogP) is 1.27. The molecule has 0 aliphatic carbocycles. The summed E-state index contributed by atoms with van der Waals surface area (Å²) in [6.45, 7) is 0. The maximum absolute atomic E-state index is 10.7. The molecule has 1 aromatic carbocycles. The van der Waals surface area contributed by atoms with Crippen LogP contribution in [0.5, 0.6) is 5.75 Å². The average Bonchev–Trinajstić information content (AvgIpc) is 2.16. The smallest absolute Gasteiger partial charge is 0.337 e. The first-order chi connectivity index (χ1) is 6.97. The van der Waals surface area contributed by atoms with E-state index in [9.17, 15) is 17.8 Å². The van der Waals surface area contributed by atoms with Gasteiger partial charge in [-0.05, 0) is 12.1 Å². The largest absolute Gasteiger partial charge is 0.507 e. The third-order valence-electron chi connectivity index (χ3n) is 1.61. The number of halogens is 1. The Hall–Kier alpha value is -1.51. The molecule has 0 amide bonds. The highest BCUT2D eigenvalue weighted by atomic mass is 127. The lowest BCUT2D eigenvalue weighted by Gasteiger charge is -2.03. The second kappa shape index (κ2) is 4.34. The SMILES string of the molecule is O=Ic1c(O)cc(C(=O)O)cc1C(=O)O. The fourth-order valence-electron chi connectivity index (χ4n) is 0.969. The van der Waals surface area contributed by atoms with Gasteiger partial charge in [0.25, 0.3) is 0 Å². The van der Waals surface area contributed by atoms with Crippen molar-refractivity contribution in [1.29, 1.82) is 0 Å². The zero-order valence-electron chi connectivity index (χ0n) is 7.10. The summed E-state index contributed by atoms with van der Waals surface area (Å²) >= 11 is -1.87. The molecular formula is C8H5IO6. The number of rotatable bonds is 3. The van der Waals surface area contributed by atoms with Gasteiger partial charge in [-0.2, -0.15) is 0 Å². The quantitative estimate of drug-likeness (QED) is 0.722. The van der Waals surface area contributed by atoms with Crippen molar-refractivity contribution < 1.29 is 28.0 Å². The van der Waals surface area contributed by atoms with Gasteiger partial charge in [0.15, 0.2) is 21.2 Å². The van der Waals surface area contributed by atoms with Crippen molar-refractivity contribution in [3.05, 3.63) is 26.8 Å². The number of carboxylic acid groups (broad SMARTS) is 2. The Morgan fingerprint density at radius 3 is 2.13 bits per heavy atom. The van der Waals surface area contributed by atoms with Crippen molar-refractivity contribution >= 4 is 33.1 Å². The molecule has 7 heteroatoms. The Morgan fingerprint density at radius 2 is 1.73 bits per heavy atom. The molecule has 6 nitrogen and oxygen atoms in total. The monoisotopic (exact) mass is 324 g/mol. The second-order valence-corrected chi connectivity index (χ2v) is 4.06. The summed E-state index contributed by atoms with van der Waals surface area (Å²) in [6.07, 6.45) is 0. The normalized spacial score (nSPS) is 9.87. The average molecular weight is 324 g/mol. The summed E-state index contributed by atoms with van der Waals surface area (Å²) in [4.78, 5) is 21.2. The van der Waals surface area contributed by atoms with Crippen LogP contribution < -0.4 is 0 Å². The van der Waals surface area contributed by atoms with Gasteiger partial charge < -0.3 is 15.3 Å². The van der Waals surface area contributed by atoms with Crippen LogP contribution in [0.3, 0.4) is 0 Å². The van der Waals surface area contributed by atoms with Gasteiger partial charge in [-0.3, -0.25) is 3.07 Å². The van der Waals surface area contributed by atoms with Crippen LogP contribution in [0.4, 0.5) is 0 Å². The van der Waals surface area contributed by atoms with E-state index < -0.39 is 44.4 Å². The Bertz CT molecular complexity index is 453. The fraction of sp³-hybridized carbons (Fsp3) is 0. The highest BCUT2D eigenvalue weighted by molar-refractivity contribution is 14.1. The van der Waals surface area contributed by atoms with E-state index in [1.165, 1.54) is 0 Å². The Morgan fingerprint density at radius 1 is 1.13 bits per heavy atom. The number of carboxylic acids is 2. The Kier molecular flexibility index (Phi) is 3.35. The van der Waals surface area contributed by atoms with Crippen molar-refractivity contribution in [3.63, 3.8) is 0 Å². The third-order valence-corrected chi connectivity index (χ3v) is 3.18. The van der Waals surface area contributed by atoms with E-state index in [0.717, 1.165) is 12.1 Å². The molecular weight excluding hydrogens is 319 g/mol. The first-order valence-electron chi connectivity index (χ1n) is 3.58. The van der Waals surface area contributed by atoms with E-state index in [2.05, 4.69) is 0 Å². The van der Waals surface area contributed by atoms with Gasteiger partial charge in [-0.1, -0.05) is 0 Å². The van der Waals surface area contributed by atoms with Crippen molar-refractivity contribution in [2.75, 3.05) is 0 Å². The van der Waals surface area contributed by atoms with Crippen LogP contribution in [-0.4, -0.2) is 27.3 Å². The van der Waals surface area contributed by atoms with Crippen molar-refractivity contribution in [2.45, 2.75) is 0 Å². The molecule has 0 atom stereocenters. The molecule has 0 radical (unpaired) electrons.